The Kier molecular flexibility index (Phi) is 6.95. The lowest BCUT2D eigenvalue weighted by Gasteiger charge is -2.11. The Bertz CT molecular complexity index is 964. The summed E-state index contributed by atoms with van der Waals surface area (Å²) in [5.74, 6) is 0.449. The number of carbonyl (C=O) groups is 1. The molecule has 0 aliphatic heterocycles. The van der Waals surface area contributed by atoms with Crippen LogP contribution in [0.25, 0.3) is 21.2 Å². The normalized spacial score (nSPS) is 11.6. The molecule has 0 saturated heterocycles. The first-order valence-electron chi connectivity index (χ1n) is 8.83. The van der Waals surface area contributed by atoms with Gasteiger partial charge in [0.2, 0.25) is 0 Å². The summed E-state index contributed by atoms with van der Waals surface area (Å²) in [4.78, 5) is 16.6. The highest BCUT2D eigenvalue weighted by molar-refractivity contribution is 8.09. The van der Waals surface area contributed by atoms with Crippen LogP contribution in [0.5, 0.6) is 11.5 Å². The van der Waals surface area contributed by atoms with Gasteiger partial charge in [0.05, 0.1) is 29.7 Å². The number of ether oxygens (including phenoxy) is 2. The average Bonchev–Trinajstić information content (AvgIpc) is 3.13. The molecule has 0 radical (unpaired) electrons. The van der Waals surface area contributed by atoms with Crippen molar-refractivity contribution in [2.24, 2.45) is 0 Å². The molecule has 3 rings (SSSR count). The minimum atomic E-state index is -0.863. The maximum Gasteiger partial charge on any atom is 0.313 e. The first-order valence-corrected chi connectivity index (χ1v) is 10.6. The van der Waals surface area contributed by atoms with Gasteiger partial charge in [0.15, 0.2) is 11.5 Å². The van der Waals surface area contributed by atoms with Crippen molar-refractivity contribution in [3.05, 3.63) is 53.0 Å². The molecule has 0 atom stereocenters. The zero-order chi connectivity index (χ0) is 19.9. The molecule has 3 aromatic rings. The van der Waals surface area contributed by atoms with E-state index in [2.05, 4.69) is 4.98 Å². The van der Waals surface area contributed by atoms with Crippen molar-refractivity contribution >= 4 is 50.3 Å². The van der Waals surface area contributed by atoms with Crippen LogP contribution in [-0.2, 0) is 4.79 Å². The van der Waals surface area contributed by atoms with Crippen molar-refractivity contribution in [1.29, 1.82) is 0 Å². The quantitative estimate of drug-likeness (QED) is 0.504. The van der Waals surface area contributed by atoms with Gasteiger partial charge in [-0.05, 0) is 42.3 Å². The van der Waals surface area contributed by atoms with Crippen molar-refractivity contribution in [1.82, 2.24) is 4.98 Å². The summed E-state index contributed by atoms with van der Waals surface area (Å²) < 4.78 is 12.2. The predicted molar refractivity (Wildman–Crippen MR) is 116 cm³/mol. The topological polar surface area (TPSA) is 68.7 Å². The Labute approximate surface area is 172 Å². The number of carboxylic acids is 1. The van der Waals surface area contributed by atoms with Gasteiger partial charge in [0.25, 0.3) is 0 Å². The highest BCUT2D eigenvalue weighted by Crippen LogP contribution is 2.36. The molecule has 0 saturated carbocycles. The standard InChI is InChI=1S/C21H21NO4S2/c1-3-10-26-16-9-8-14(11-17(16)25-2)12-19(27-13-20(23)24)21-22-15-6-4-5-7-18(15)28-21/h4-9,11-12H,3,10,13H2,1-2H3,(H,23,24)/b19-12-. The van der Waals surface area contributed by atoms with E-state index in [4.69, 9.17) is 14.6 Å². The number of aliphatic carboxylic acids is 1. The number of nitrogens with zero attached hydrogens (tertiary/aromatic N) is 1. The van der Waals surface area contributed by atoms with E-state index in [9.17, 15) is 4.79 Å². The van der Waals surface area contributed by atoms with Gasteiger partial charge in [0, 0.05) is 4.91 Å². The van der Waals surface area contributed by atoms with E-state index in [1.165, 1.54) is 11.8 Å². The number of thioether (sulfide) groups is 1. The zero-order valence-corrected chi connectivity index (χ0v) is 17.3. The molecule has 0 bridgehead atoms. The van der Waals surface area contributed by atoms with Crippen LogP contribution >= 0.6 is 23.1 Å². The highest BCUT2D eigenvalue weighted by atomic mass is 32.2. The minimum absolute atomic E-state index is 0.0312. The summed E-state index contributed by atoms with van der Waals surface area (Å²) in [6.45, 7) is 2.67. The van der Waals surface area contributed by atoms with E-state index in [1.54, 1.807) is 18.4 Å². The van der Waals surface area contributed by atoms with E-state index in [0.717, 1.165) is 32.1 Å². The number of methoxy groups -OCH3 is 1. The molecule has 0 unspecified atom stereocenters. The van der Waals surface area contributed by atoms with Crippen LogP contribution in [0.1, 0.15) is 23.9 Å². The SMILES string of the molecule is CCCOc1ccc(/C=C(\SCC(=O)O)c2nc3ccccc3s2)cc1OC. The number of rotatable bonds is 9. The van der Waals surface area contributed by atoms with Crippen LogP contribution in [0.2, 0.25) is 0 Å². The second-order valence-corrected chi connectivity index (χ2v) is 7.98. The number of para-hydroxylation sites is 1. The maximum absolute atomic E-state index is 11.1. The van der Waals surface area contributed by atoms with Crippen molar-refractivity contribution in [3.63, 3.8) is 0 Å². The average molecular weight is 416 g/mol. The van der Waals surface area contributed by atoms with Crippen LogP contribution < -0.4 is 9.47 Å². The summed E-state index contributed by atoms with van der Waals surface area (Å²) in [6, 6.07) is 13.6. The van der Waals surface area contributed by atoms with Crippen molar-refractivity contribution in [3.8, 4) is 11.5 Å². The molecule has 146 valence electrons. The van der Waals surface area contributed by atoms with Crippen LogP contribution in [0.4, 0.5) is 0 Å². The van der Waals surface area contributed by atoms with Gasteiger partial charge in [-0.15, -0.1) is 23.1 Å². The summed E-state index contributed by atoms with van der Waals surface area (Å²) in [5.41, 5.74) is 1.80. The molecule has 1 aromatic heterocycles. The third-order valence-electron chi connectivity index (χ3n) is 3.80. The number of fused-ring (bicyclic) bond motifs is 1. The number of hydrogen-bond acceptors (Lipinski definition) is 6. The molecular weight excluding hydrogens is 394 g/mol. The molecule has 0 amide bonds. The highest BCUT2D eigenvalue weighted by Gasteiger charge is 2.13. The van der Waals surface area contributed by atoms with Crippen LogP contribution in [0.3, 0.4) is 0 Å². The Morgan fingerprint density at radius 2 is 2.07 bits per heavy atom. The van der Waals surface area contributed by atoms with E-state index in [1.807, 2.05) is 55.5 Å². The van der Waals surface area contributed by atoms with E-state index in [0.29, 0.717) is 18.1 Å². The number of thiazole rings is 1. The number of benzene rings is 2. The van der Waals surface area contributed by atoms with Gasteiger partial charge in [-0.25, -0.2) is 4.98 Å². The van der Waals surface area contributed by atoms with Crippen molar-refractivity contribution in [2.45, 2.75) is 13.3 Å². The molecule has 0 aliphatic carbocycles. The number of aromatic nitrogens is 1. The molecule has 0 aliphatic rings. The fourth-order valence-corrected chi connectivity index (χ4v) is 4.38. The van der Waals surface area contributed by atoms with E-state index >= 15 is 0 Å². The molecule has 2 aromatic carbocycles. The molecule has 28 heavy (non-hydrogen) atoms. The summed E-state index contributed by atoms with van der Waals surface area (Å²) in [5, 5.41) is 9.92. The Morgan fingerprint density at radius 3 is 2.79 bits per heavy atom. The molecule has 1 N–H and O–H groups in total. The van der Waals surface area contributed by atoms with Gasteiger partial charge in [0.1, 0.15) is 5.01 Å². The molecule has 1 heterocycles. The molecule has 0 spiro atoms. The van der Waals surface area contributed by atoms with Crippen molar-refractivity contribution < 1.29 is 19.4 Å². The first-order chi connectivity index (χ1) is 13.6. The van der Waals surface area contributed by atoms with Crippen molar-refractivity contribution in [2.75, 3.05) is 19.5 Å². The van der Waals surface area contributed by atoms with E-state index < -0.39 is 5.97 Å². The lowest BCUT2D eigenvalue weighted by atomic mass is 10.2. The lowest BCUT2D eigenvalue weighted by molar-refractivity contribution is -0.133. The summed E-state index contributed by atoms with van der Waals surface area (Å²) in [6.07, 6.45) is 2.86. The second-order valence-electron chi connectivity index (χ2n) is 5.94. The Morgan fingerprint density at radius 1 is 1.25 bits per heavy atom. The van der Waals surface area contributed by atoms with Crippen LogP contribution in [0.15, 0.2) is 42.5 Å². The molecule has 7 heteroatoms. The fourth-order valence-electron chi connectivity index (χ4n) is 2.54. The summed E-state index contributed by atoms with van der Waals surface area (Å²) in [7, 11) is 1.61. The maximum atomic E-state index is 11.1. The molecular formula is C21H21NO4S2. The summed E-state index contributed by atoms with van der Waals surface area (Å²) >= 11 is 2.81. The lowest BCUT2D eigenvalue weighted by Crippen LogP contribution is -1.98. The third-order valence-corrected chi connectivity index (χ3v) is 6.02. The van der Waals surface area contributed by atoms with Crippen LogP contribution in [0, 0.1) is 0 Å². The predicted octanol–water partition coefficient (Wildman–Crippen LogP) is 5.41. The van der Waals surface area contributed by atoms with Gasteiger partial charge >= 0.3 is 5.97 Å². The van der Waals surface area contributed by atoms with Crippen LogP contribution in [-0.4, -0.2) is 35.5 Å². The molecule has 0 fully saturated rings. The smallest absolute Gasteiger partial charge is 0.313 e. The van der Waals surface area contributed by atoms with Gasteiger partial charge in [-0.2, -0.15) is 0 Å². The minimum Gasteiger partial charge on any atom is -0.493 e. The van der Waals surface area contributed by atoms with Gasteiger partial charge in [-0.1, -0.05) is 25.1 Å². The van der Waals surface area contributed by atoms with Gasteiger partial charge < -0.3 is 14.6 Å². The molecule has 5 nitrogen and oxygen atoms in total. The van der Waals surface area contributed by atoms with Gasteiger partial charge in [-0.3, -0.25) is 4.79 Å². The number of carboxylic acid groups (broad SMARTS) is 1. The monoisotopic (exact) mass is 415 g/mol. The largest absolute Gasteiger partial charge is 0.493 e. The second kappa shape index (κ2) is 9.61. The Hall–Kier alpha value is -2.51. The Balaban J connectivity index is 1.97. The van der Waals surface area contributed by atoms with E-state index in [-0.39, 0.29) is 5.75 Å². The third kappa shape index (κ3) is 5.05. The number of hydrogen-bond donors (Lipinski definition) is 1. The zero-order valence-electron chi connectivity index (χ0n) is 15.7. The first kappa shape index (κ1) is 20.2. The fraction of sp³-hybridized carbons (Fsp3) is 0.238.